The molecular weight excluding hydrogens is 538 g/mol. The van der Waals surface area contributed by atoms with Crippen LogP contribution in [0.5, 0.6) is 5.75 Å². The molecule has 0 saturated carbocycles. The van der Waals surface area contributed by atoms with Crippen LogP contribution in [0, 0.1) is 0 Å². The molecule has 0 unspecified atom stereocenters. The van der Waals surface area contributed by atoms with Crippen molar-refractivity contribution in [2.75, 3.05) is 10.7 Å². The van der Waals surface area contributed by atoms with E-state index in [9.17, 15) is 4.79 Å². The number of rotatable bonds is 5. The van der Waals surface area contributed by atoms with E-state index >= 15 is 0 Å². The summed E-state index contributed by atoms with van der Waals surface area (Å²) in [7, 11) is 0. The number of carbonyl (C=O) groups excluding carboxylic acids is 1. The van der Waals surface area contributed by atoms with Gasteiger partial charge in [-0.05, 0) is 79.4 Å². The molecule has 1 fully saturated rings. The third-order valence-corrected chi connectivity index (χ3v) is 7.15. The molecule has 4 rings (SSSR count). The maximum atomic E-state index is 12.6. The number of ether oxygens (including phenoxy) is 1. The van der Waals surface area contributed by atoms with Gasteiger partial charge in [0, 0.05) is 10.7 Å². The SMILES string of the molecule is O=C1CS[C@H](c2cc(Br)c(OCc3ccccc3)c(Br)c2)N1c1ccc(Cl)cc1. The van der Waals surface area contributed by atoms with E-state index < -0.39 is 0 Å². The van der Waals surface area contributed by atoms with E-state index in [0.29, 0.717) is 17.4 Å². The van der Waals surface area contributed by atoms with Crippen LogP contribution in [0.1, 0.15) is 16.5 Å². The zero-order chi connectivity index (χ0) is 20.4. The molecule has 148 valence electrons. The number of hydrogen-bond donors (Lipinski definition) is 0. The molecule has 7 heteroatoms. The Hall–Kier alpha value is -1.47. The molecular formula is C22H16Br2ClNO2S. The molecule has 0 N–H and O–H groups in total. The van der Waals surface area contributed by atoms with E-state index in [1.807, 2.05) is 59.5 Å². The van der Waals surface area contributed by atoms with Gasteiger partial charge >= 0.3 is 0 Å². The fourth-order valence-electron chi connectivity index (χ4n) is 3.14. The van der Waals surface area contributed by atoms with Crippen molar-refractivity contribution < 1.29 is 9.53 Å². The molecule has 1 aliphatic heterocycles. The summed E-state index contributed by atoms with van der Waals surface area (Å²) >= 11 is 14.9. The van der Waals surface area contributed by atoms with Gasteiger partial charge in [-0.15, -0.1) is 11.8 Å². The summed E-state index contributed by atoms with van der Waals surface area (Å²) in [6.45, 7) is 0.477. The normalized spacial score (nSPS) is 16.3. The van der Waals surface area contributed by atoms with Crippen molar-refractivity contribution >= 4 is 66.8 Å². The van der Waals surface area contributed by atoms with Crippen LogP contribution in [0.4, 0.5) is 5.69 Å². The van der Waals surface area contributed by atoms with Gasteiger partial charge in [-0.3, -0.25) is 9.69 Å². The lowest BCUT2D eigenvalue weighted by Crippen LogP contribution is -2.27. The molecule has 1 atom stereocenters. The quantitative estimate of drug-likeness (QED) is 0.334. The second kappa shape index (κ2) is 9.13. The van der Waals surface area contributed by atoms with Crippen molar-refractivity contribution in [2.45, 2.75) is 12.0 Å². The molecule has 1 aliphatic rings. The lowest BCUT2D eigenvalue weighted by Gasteiger charge is -2.25. The highest BCUT2D eigenvalue weighted by Crippen LogP contribution is 2.45. The monoisotopic (exact) mass is 551 g/mol. The minimum Gasteiger partial charge on any atom is -0.487 e. The maximum Gasteiger partial charge on any atom is 0.238 e. The number of carbonyl (C=O) groups is 1. The fourth-order valence-corrected chi connectivity index (χ4v) is 5.87. The first kappa shape index (κ1) is 20.8. The smallest absolute Gasteiger partial charge is 0.238 e. The van der Waals surface area contributed by atoms with E-state index in [1.165, 1.54) is 0 Å². The molecule has 1 heterocycles. The molecule has 29 heavy (non-hydrogen) atoms. The van der Waals surface area contributed by atoms with Gasteiger partial charge in [0.2, 0.25) is 5.91 Å². The first-order chi connectivity index (χ1) is 14.0. The number of thioether (sulfide) groups is 1. The maximum absolute atomic E-state index is 12.6. The second-order valence-electron chi connectivity index (χ2n) is 6.49. The molecule has 3 aromatic rings. The standard InChI is InChI=1S/C22H16Br2ClNO2S/c23-18-10-15(11-19(24)21(18)28-12-14-4-2-1-3-5-14)22-26(20(27)13-29-22)17-8-6-16(25)7-9-17/h1-11,22H,12-13H2/t22-/m1/s1. The highest BCUT2D eigenvalue weighted by molar-refractivity contribution is 9.11. The summed E-state index contributed by atoms with van der Waals surface area (Å²) in [5, 5.41) is 0.537. The number of amides is 1. The second-order valence-corrected chi connectivity index (χ2v) is 9.71. The van der Waals surface area contributed by atoms with Crippen molar-refractivity contribution in [3.8, 4) is 5.75 Å². The first-order valence-electron chi connectivity index (χ1n) is 8.88. The highest BCUT2D eigenvalue weighted by atomic mass is 79.9. The molecule has 0 aliphatic carbocycles. The number of anilines is 1. The first-order valence-corrected chi connectivity index (χ1v) is 11.9. The minimum atomic E-state index is -0.112. The van der Waals surface area contributed by atoms with Gasteiger partial charge in [0.25, 0.3) is 0 Å². The summed E-state index contributed by atoms with van der Waals surface area (Å²) in [6, 6.07) is 21.4. The lowest BCUT2D eigenvalue weighted by molar-refractivity contribution is -0.115. The lowest BCUT2D eigenvalue weighted by atomic mass is 10.1. The van der Waals surface area contributed by atoms with E-state index in [4.69, 9.17) is 16.3 Å². The van der Waals surface area contributed by atoms with Crippen LogP contribution in [0.25, 0.3) is 0 Å². The van der Waals surface area contributed by atoms with Gasteiger partial charge in [-0.1, -0.05) is 41.9 Å². The molecule has 0 spiro atoms. The largest absolute Gasteiger partial charge is 0.487 e. The summed E-state index contributed by atoms with van der Waals surface area (Å²) in [5.74, 6) is 1.26. The fraction of sp³-hybridized carbons (Fsp3) is 0.136. The Morgan fingerprint density at radius 3 is 2.34 bits per heavy atom. The Bertz CT molecular complexity index is 1010. The van der Waals surface area contributed by atoms with Gasteiger partial charge in [-0.2, -0.15) is 0 Å². The third-order valence-electron chi connectivity index (χ3n) is 4.50. The van der Waals surface area contributed by atoms with Crippen LogP contribution in [0.2, 0.25) is 5.02 Å². The van der Waals surface area contributed by atoms with E-state index in [1.54, 1.807) is 23.9 Å². The Morgan fingerprint density at radius 2 is 1.69 bits per heavy atom. The van der Waals surface area contributed by atoms with Gasteiger partial charge in [0.05, 0.1) is 14.7 Å². The van der Waals surface area contributed by atoms with Crippen LogP contribution in [-0.4, -0.2) is 11.7 Å². The number of halogens is 3. The van der Waals surface area contributed by atoms with E-state index in [-0.39, 0.29) is 11.3 Å². The number of nitrogens with zero attached hydrogens (tertiary/aromatic N) is 1. The van der Waals surface area contributed by atoms with E-state index in [0.717, 1.165) is 31.5 Å². The minimum absolute atomic E-state index is 0.0824. The number of hydrogen-bond acceptors (Lipinski definition) is 3. The van der Waals surface area contributed by atoms with Gasteiger partial charge in [0.1, 0.15) is 17.7 Å². The average molecular weight is 554 g/mol. The van der Waals surface area contributed by atoms with Crippen LogP contribution < -0.4 is 9.64 Å². The van der Waals surface area contributed by atoms with Crippen molar-refractivity contribution in [2.24, 2.45) is 0 Å². The predicted octanol–water partition coefficient (Wildman–Crippen LogP) is 7.22. The molecule has 3 nitrogen and oxygen atoms in total. The summed E-state index contributed by atoms with van der Waals surface area (Å²) in [5.41, 5.74) is 2.95. The highest BCUT2D eigenvalue weighted by Gasteiger charge is 2.34. The van der Waals surface area contributed by atoms with Crippen LogP contribution >= 0.6 is 55.2 Å². The van der Waals surface area contributed by atoms with Crippen LogP contribution in [0.15, 0.2) is 75.7 Å². The molecule has 0 radical (unpaired) electrons. The molecule has 0 bridgehead atoms. The summed E-state index contributed by atoms with van der Waals surface area (Å²) in [4.78, 5) is 14.4. The Labute approximate surface area is 195 Å². The zero-order valence-corrected chi connectivity index (χ0v) is 19.9. The van der Waals surface area contributed by atoms with Crippen LogP contribution in [0.3, 0.4) is 0 Å². The average Bonchev–Trinajstić information content (AvgIpc) is 3.10. The predicted molar refractivity (Wildman–Crippen MR) is 127 cm³/mol. The van der Waals surface area contributed by atoms with E-state index in [2.05, 4.69) is 31.9 Å². The number of benzene rings is 3. The topological polar surface area (TPSA) is 29.5 Å². The van der Waals surface area contributed by atoms with Crippen molar-refractivity contribution in [3.63, 3.8) is 0 Å². The Kier molecular flexibility index (Phi) is 6.54. The van der Waals surface area contributed by atoms with Crippen molar-refractivity contribution in [3.05, 3.63) is 91.8 Å². The third kappa shape index (κ3) is 4.66. The zero-order valence-electron chi connectivity index (χ0n) is 15.1. The Balaban J connectivity index is 1.59. The molecule has 3 aromatic carbocycles. The molecule has 1 saturated heterocycles. The summed E-state index contributed by atoms with van der Waals surface area (Å²) < 4.78 is 7.70. The van der Waals surface area contributed by atoms with Crippen LogP contribution in [-0.2, 0) is 11.4 Å². The molecule has 1 amide bonds. The van der Waals surface area contributed by atoms with Crippen molar-refractivity contribution in [1.82, 2.24) is 0 Å². The van der Waals surface area contributed by atoms with Gasteiger partial charge in [0.15, 0.2) is 0 Å². The summed E-state index contributed by atoms with van der Waals surface area (Å²) in [6.07, 6.45) is 0. The van der Waals surface area contributed by atoms with Gasteiger partial charge < -0.3 is 4.74 Å². The van der Waals surface area contributed by atoms with Crippen molar-refractivity contribution in [1.29, 1.82) is 0 Å². The van der Waals surface area contributed by atoms with Gasteiger partial charge in [-0.25, -0.2) is 0 Å². The Morgan fingerprint density at radius 1 is 1.03 bits per heavy atom. The molecule has 0 aromatic heterocycles.